The van der Waals surface area contributed by atoms with Crippen molar-refractivity contribution in [1.82, 2.24) is 0 Å². The van der Waals surface area contributed by atoms with Gasteiger partial charge >= 0.3 is 5.97 Å². The molecule has 0 spiro atoms. The van der Waals surface area contributed by atoms with Crippen molar-refractivity contribution in [3.05, 3.63) is 11.6 Å². The Morgan fingerprint density at radius 3 is 1.73 bits per heavy atom. The number of rotatable bonds is 13. The second-order valence-electron chi connectivity index (χ2n) is 28.7. The topological polar surface area (TPSA) is 413 Å². The highest BCUT2D eigenvalue weighted by atomic mass is 16.8. The molecule has 1 unspecified atom stereocenters. The van der Waals surface area contributed by atoms with E-state index in [-0.39, 0.29) is 46.0 Å². The molecule has 4 saturated carbocycles. The van der Waals surface area contributed by atoms with Gasteiger partial charge in [0.2, 0.25) is 6.29 Å². The average Bonchev–Trinajstić information content (AvgIpc) is 0.700. The molecule has 10 rings (SSSR count). The van der Waals surface area contributed by atoms with Crippen LogP contribution in [-0.4, -0.2) is 263 Å². The van der Waals surface area contributed by atoms with Crippen LogP contribution in [0.3, 0.4) is 0 Å². The third-order valence-electron chi connectivity index (χ3n) is 23.1. The minimum atomic E-state index is -1.85. The van der Waals surface area contributed by atoms with Crippen LogP contribution in [0.25, 0.3) is 0 Å². The normalized spacial score (nSPS) is 54.1. The van der Waals surface area contributed by atoms with E-state index in [0.717, 1.165) is 25.7 Å². The molecule has 0 aromatic heterocycles. The van der Waals surface area contributed by atoms with Crippen LogP contribution in [0.5, 0.6) is 0 Å². The van der Waals surface area contributed by atoms with Gasteiger partial charge in [-0.3, -0.25) is 4.79 Å². The average molecular weight is 1220 g/mol. The summed E-state index contributed by atoms with van der Waals surface area (Å²) in [5.74, 6) is -0.599. The van der Waals surface area contributed by atoms with Crippen LogP contribution in [0.1, 0.15) is 120 Å². The van der Waals surface area contributed by atoms with E-state index in [1.165, 1.54) is 12.5 Å². The fourth-order valence-electron chi connectivity index (χ4n) is 17.6. The van der Waals surface area contributed by atoms with Gasteiger partial charge in [0.25, 0.3) is 0 Å². The SMILES string of the molecule is C[C@@H]1O[C@@H](O[C@H]2[C@H](O[C@H]3CC[C@]4(C)[C@H]5CC=C6C7CC(C)(C)CC[C@]7(C(=O)O[C@@H]7O[C@H](CO[C@@H]8O[C@H](CO)[C@@H](O)[C@H](O)[C@H]8O)[C@@H](O)[C@H](O)[C@H]7O)CC[C@@]6(C)[C@]5(C)CC[C@H]4C3(C)C)OC[C@H](O)[C@@H]2O[C@@H]2O[C@H](CO)[C@H](O)[C@H](O)[C@H]2O)[C@H](O)[C@H](O)[C@H]1O. The number of esters is 1. The molecule has 5 saturated heterocycles. The molecular formula is C59H96O26. The molecule has 85 heavy (non-hydrogen) atoms. The number of aliphatic hydroxyl groups is 15. The van der Waals surface area contributed by atoms with Crippen LogP contribution in [0.2, 0.25) is 0 Å². The van der Waals surface area contributed by atoms with Gasteiger partial charge in [0.1, 0.15) is 110 Å². The lowest BCUT2D eigenvalue weighted by molar-refractivity contribution is -0.388. The van der Waals surface area contributed by atoms with Crippen LogP contribution in [-0.2, 0) is 52.2 Å². The number of hydrogen-bond donors (Lipinski definition) is 15. The summed E-state index contributed by atoms with van der Waals surface area (Å²) in [5.41, 5.74) is -1.41. The molecule has 10 aliphatic rings. The zero-order valence-corrected chi connectivity index (χ0v) is 49.8. The standard InChI is InChI=1S/C59H96O26/c1-24-34(63)38(67)43(72)49(78-24)84-47-46(83-50-44(73)40(69)36(65)29(21-61)80-50)27(62)22-76-52(47)82-33-12-13-56(6)31(55(33,4)5)11-14-58(8)32(56)10-9-25-26-19-54(2,3)15-17-59(26,18-16-57(25,58)7)53(75)85-51-45(74)41(70)37(66)30(81-51)23-77-48-42(71)39(68)35(64)28(20-60)79-48/h9,24,26-52,60-74H,10-23H2,1-8H3/t24-,26?,27-,28+,29+,30+,31-,32+,33-,34-,35+,36-,37+,38+,39-,40-,41-,42+,43+,44+,45+,46-,47+,48+,49-,50-,51-,52-,56-,57+,58+,59-/m0/s1. The third kappa shape index (κ3) is 11.2. The van der Waals surface area contributed by atoms with Crippen molar-refractivity contribution in [2.45, 2.75) is 273 Å². The van der Waals surface area contributed by atoms with Crippen LogP contribution in [0, 0.1) is 50.2 Å². The maximum absolute atomic E-state index is 15.2. The van der Waals surface area contributed by atoms with E-state index < -0.39 is 190 Å². The Bertz CT molecular complexity index is 2360. The Balaban J connectivity index is 0.875. The predicted octanol–water partition coefficient (Wildman–Crippen LogP) is -2.54. The Labute approximate surface area is 494 Å². The lowest BCUT2D eigenvalue weighted by atomic mass is 9.33. The van der Waals surface area contributed by atoms with Gasteiger partial charge in [0.15, 0.2) is 25.2 Å². The summed E-state index contributed by atoms with van der Waals surface area (Å²) in [6, 6.07) is 0. The van der Waals surface area contributed by atoms with Gasteiger partial charge in [-0.2, -0.15) is 0 Å². The first-order valence-corrected chi connectivity index (χ1v) is 30.6. The Morgan fingerprint density at radius 2 is 1.09 bits per heavy atom. The largest absolute Gasteiger partial charge is 0.432 e. The summed E-state index contributed by atoms with van der Waals surface area (Å²) in [7, 11) is 0. The first-order chi connectivity index (χ1) is 39.8. The van der Waals surface area contributed by atoms with Gasteiger partial charge in [-0.1, -0.05) is 60.1 Å². The maximum Gasteiger partial charge on any atom is 0.315 e. The molecule has 5 aliphatic carbocycles. The second-order valence-corrected chi connectivity index (χ2v) is 28.7. The number of ether oxygens (including phenoxy) is 10. The van der Waals surface area contributed by atoms with Crippen molar-refractivity contribution in [3.63, 3.8) is 0 Å². The van der Waals surface area contributed by atoms with E-state index in [1.807, 2.05) is 0 Å². The zero-order chi connectivity index (χ0) is 62.0. The summed E-state index contributed by atoms with van der Waals surface area (Å²) in [4.78, 5) is 15.2. The van der Waals surface area contributed by atoms with Gasteiger partial charge in [-0.25, -0.2) is 0 Å². The quantitative estimate of drug-likeness (QED) is 0.0513. The van der Waals surface area contributed by atoms with Crippen molar-refractivity contribution in [1.29, 1.82) is 0 Å². The Hall–Kier alpha value is -1.75. The van der Waals surface area contributed by atoms with E-state index in [2.05, 4.69) is 54.5 Å². The number of fused-ring (bicyclic) bond motifs is 7. The molecule has 0 amide bonds. The number of carbonyl (C=O) groups excluding carboxylic acids is 1. The lowest BCUT2D eigenvalue weighted by Crippen LogP contribution is -2.67. The smallest absolute Gasteiger partial charge is 0.315 e. The molecule has 488 valence electrons. The first-order valence-electron chi connectivity index (χ1n) is 30.6. The Kier molecular flexibility index (Phi) is 19.0. The van der Waals surface area contributed by atoms with Gasteiger partial charge in [0, 0.05) is 0 Å². The Morgan fingerprint density at radius 1 is 0.553 bits per heavy atom. The van der Waals surface area contributed by atoms with Crippen molar-refractivity contribution < 1.29 is 129 Å². The predicted molar refractivity (Wildman–Crippen MR) is 288 cm³/mol. The van der Waals surface area contributed by atoms with Crippen molar-refractivity contribution in [3.8, 4) is 0 Å². The minimum Gasteiger partial charge on any atom is -0.432 e. The van der Waals surface area contributed by atoms with Crippen molar-refractivity contribution in [2.24, 2.45) is 50.2 Å². The molecule has 0 bridgehead atoms. The van der Waals surface area contributed by atoms with Gasteiger partial charge in [0.05, 0.1) is 44.1 Å². The molecule has 32 atom stereocenters. The monoisotopic (exact) mass is 1220 g/mol. The van der Waals surface area contributed by atoms with Crippen molar-refractivity contribution >= 4 is 5.97 Å². The summed E-state index contributed by atoms with van der Waals surface area (Å²) < 4.78 is 60.6. The molecule has 26 heteroatoms. The van der Waals surface area contributed by atoms with Gasteiger partial charge < -0.3 is 124 Å². The highest BCUT2D eigenvalue weighted by Gasteiger charge is 2.70. The molecule has 26 nitrogen and oxygen atoms in total. The summed E-state index contributed by atoms with van der Waals surface area (Å²) in [6.07, 6.45) is -29.9. The van der Waals surface area contributed by atoms with Crippen LogP contribution >= 0.6 is 0 Å². The first kappa shape index (κ1) is 66.2. The minimum absolute atomic E-state index is 0.0829. The van der Waals surface area contributed by atoms with Crippen molar-refractivity contribution in [2.75, 3.05) is 26.4 Å². The molecular weight excluding hydrogens is 1120 g/mol. The fraction of sp³-hybridized carbons (Fsp3) is 0.949. The van der Waals surface area contributed by atoms with Crippen LogP contribution in [0.15, 0.2) is 11.6 Å². The highest BCUT2D eigenvalue weighted by molar-refractivity contribution is 5.79. The second kappa shape index (κ2) is 24.4. The van der Waals surface area contributed by atoms with Crippen LogP contribution in [0.4, 0.5) is 0 Å². The van der Waals surface area contributed by atoms with E-state index in [4.69, 9.17) is 47.4 Å². The fourth-order valence-corrected chi connectivity index (χ4v) is 17.6. The van der Waals surface area contributed by atoms with Crippen LogP contribution < -0.4 is 0 Å². The number of carbonyl (C=O) groups is 1. The van der Waals surface area contributed by atoms with E-state index in [0.29, 0.717) is 38.5 Å². The summed E-state index contributed by atoms with van der Waals surface area (Å²) >= 11 is 0. The number of aliphatic hydroxyl groups excluding tert-OH is 15. The van der Waals surface area contributed by atoms with E-state index in [1.54, 1.807) is 0 Å². The molecule has 0 aromatic rings. The molecule has 0 radical (unpaired) electrons. The maximum atomic E-state index is 15.2. The molecule has 15 N–H and O–H groups in total. The number of allylic oxidation sites excluding steroid dienone is 2. The van der Waals surface area contributed by atoms with Gasteiger partial charge in [-0.05, 0) is 116 Å². The lowest BCUT2D eigenvalue weighted by Gasteiger charge is -2.71. The third-order valence-corrected chi connectivity index (χ3v) is 23.1. The summed E-state index contributed by atoms with van der Waals surface area (Å²) in [6.45, 7) is 15.0. The highest BCUT2D eigenvalue weighted by Crippen LogP contribution is 2.76. The summed E-state index contributed by atoms with van der Waals surface area (Å²) in [5, 5.41) is 160. The number of hydrogen-bond acceptors (Lipinski definition) is 26. The molecule has 9 fully saturated rings. The molecule has 0 aromatic carbocycles. The zero-order valence-electron chi connectivity index (χ0n) is 49.8. The molecule has 5 heterocycles. The van der Waals surface area contributed by atoms with Gasteiger partial charge in [-0.15, -0.1) is 0 Å². The van der Waals surface area contributed by atoms with E-state index >= 15 is 4.79 Å². The van der Waals surface area contributed by atoms with E-state index in [9.17, 15) is 76.6 Å². The molecule has 5 aliphatic heterocycles.